The van der Waals surface area contributed by atoms with Gasteiger partial charge in [0.2, 0.25) is 6.79 Å². The molecule has 2 aliphatic rings. The van der Waals surface area contributed by atoms with Crippen LogP contribution < -0.4 is 24.3 Å². The van der Waals surface area contributed by atoms with Crippen molar-refractivity contribution in [3.63, 3.8) is 0 Å². The highest BCUT2D eigenvalue weighted by molar-refractivity contribution is 5.95. The van der Waals surface area contributed by atoms with Crippen LogP contribution in [-0.4, -0.2) is 64.7 Å². The van der Waals surface area contributed by atoms with Crippen molar-refractivity contribution >= 4 is 5.91 Å². The first-order valence-electron chi connectivity index (χ1n) is 9.91. The third kappa shape index (κ3) is 4.29. The van der Waals surface area contributed by atoms with Gasteiger partial charge in [0.25, 0.3) is 5.91 Å². The van der Waals surface area contributed by atoms with Crippen LogP contribution in [0, 0.1) is 0 Å². The minimum absolute atomic E-state index is 0.0216. The van der Waals surface area contributed by atoms with Crippen molar-refractivity contribution in [3.05, 3.63) is 47.5 Å². The van der Waals surface area contributed by atoms with Crippen molar-refractivity contribution in [3.8, 4) is 23.0 Å². The SMILES string of the molecule is COc1ccc(C(CNC(=O)c2ccc3c(c2)OCO3)N2CCOCC2)cc1OC. The molecule has 0 saturated carbocycles. The van der Waals surface area contributed by atoms with Crippen molar-refractivity contribution < 1.29 is 28.5 Å². The molecule has 1 unspecified atom stereocenters. The maximum atomic E-state index is 12.8. The molecule has 1 atom stereocenters. The Labute approximate surface area is 175 Å². The van der Waals surface area contributed by atoms with Crippen LogP contribution in [0.25, 0.3) is 0 Å². The number of nitrogens with one attached hydrogen (secondary N) is 1. The highest BCUT2D eigenvalue weighted by Gasteiger charge is 2.25. The van der Waals surface area contributed by atoms with Gasteiger partial charge in [0.15, 0.2) is 23.0 Å². The number of carbonyl (C=O) groups excluding carboxylic acids is 1. The molecule has 30 heavy (non-hydrogen) atoms. The zero-order valence-electron chi connectivity index (χ0n) is 17.2. The lowest BCUT2D eigenvalue weighted by molar-refractivity contribution is 0.0162. The van der Waals surface area contributed by atoms with Crippen molar-refractivity contribution in [2.75, 3.05) is 53.9 Å². The van der Waals surface area contributed by atoms with Gasteiger partial charge in [0.1, 0.15) is 0 Å². The lowest BCUT2D eigenvalue weighted by Gasteiger charge is -2.35. The summed E-state index contributed by atoms with van der Waals surface area (Å²) in [6.07, 6.45) is 0. The topological polar surface area (TPSA) is 78.5 Å². The minimum Gasteiger partial charge on any atom is -0.493 e. The van der Waals surface area contributed by atoms with E-state index in [0.29, 0.717) is 48.3 Å². The number of hydrogen-bond donors (Lipinski definition) is 1. The summed E-state index contributed by atoms with van der Waals surface area (Å²) in [5.41, 5.74) is 1.58. The molecule has 8 nitrogen and oxygen atoms in total. The molecule has 2 aliphatic heterocycles. The van der Waals surface area contributed by atoms with Crippen LogP contribution in [0.3, 0.4) is 0 Å². The first-order valence-corrected chi connectivity index (χ1v) is 9.91. The molecule has 0 radical (unpaired) electrons. The fourth-order valence-electron chi connectivity index (χ4n) is 3.74. The quantitative estimate of drug-likeness (QED) is 0.744. The number of benzene rings is 2. The minimum atomic E-state index is -0.160. The molecule has 1 fully saturated rings. The van der Waals surface area contributed by atoms with Crippen LogP contribution in [0.2, 0.25) is 0 Å². The molecule has 1 amide bonds. The van der Waals surface area contributed by atoms with Crippen LogP contribution in [0.4, 0.5) is 0 Å². The van der Waals surface area contributed by atoms with E-state index >= 15 is 0 Å². The highest BCUT2D eigenvalue weighted by atomic mass is 16.7. The molecule has 2 aromatic rings. The summed E-state index contributed by atoms with van der Waals surface area (Å²) in [4.78, 5) is 15.1. The van der Waals surface area contributed by atoms with E-state index in [1.54, 1.807) is 32.4 Å². The van der Waals surface area contributed by atoms with E-state index in [4.69, 9.17) is 23.7 Å². The Kier molecular flexibility index (Phi) is 6.25. The monoisotopic (exact) mass is 414 g/mol. The van der Waals surface area contributed by atoms with Gasteiger partial charge in [-0.3, -0.25) is 9.69 Å². The van der Waals surface area contributed by atoms with E-state index in [1.807, 2.05) is 18.2 Å². The Bertz CT molecular complexity index is 897. The Balaban J connectivity index is 1.52. The number of amides is 1. The summed E-state index contributed by atoms with van der Waals surface area (Å²) >= 11 is 0. The molecule has 2 aromatic carbocycles. The molecular formula is C22H26N2O6. The molecule has 1 N–H and O–H groups in total. The smallest absolute Gasteiger partial charge is 0.251 e. The number of methoxy groups -OCH3 is 2. The molecule has 0 aromatic heterocycles. The molecule has 4 rings (SSSR count). The highest BCUT2D eigenvalue weighted by Crippen LogP contribution is 2.33. The number of nitrogens with zero attached hydrogens (tertiary/aromatic N) is 1. The second kappa shape index (κ2) is 9.23. The summed E-state index contributed by atoms with van der Waals surface area (Å²) in [5, 5.41) is 3.06. The summed E-state index contributed by atoms with van der Waals surface area (Å²) in [5.74, 6) is 2.42. The number of carbonyl (C=O) groups is 1. The van der Waals surface area contributed by atoms with E-state index in [0.717, 1.165) is 18.7 Å². The molecule has 160 valence electrons. The number of hydrogen-bond acceptors (Lipinski definition) is 7. The maximum Gasteiger partial charge on any atom is 0.251 e. The number of ether oxygens (including phenoxy) is 5. The number of fused-ring (bicyclic) bond motifs is 1. The average Bonchev–Trinajstić information content (AvgIpc) is 3.27. The predicted molar refractivity (Wildman–Crippen MR) is 110 cm³/mol. The largest absolute Gasteiger partial charge is 0.493 e. The zero-order chi connectivity index (χ0) is 20.9. The van der Waals surface area contributed by atoms with Crippen molar-refractivity contribution in [1.82, 2.24) is 10.2 Å². The van der Waals surface area contributed by atoms with Crippen LogP contribution in [-0.2, 0) is 4.74 Å². The van der Waals surface area contributed by atoms with Crippen molar-refractivity contribution in [2.24, 2.45) is 0 Å². The Morgan fingerprint density at radius 3 is 2.57 bits per heavy atom. The molecule has 2 heterocycles. The van der Waals surface area contributed by atoms with Gasteiger partial charge in [0, 0.05) is 25.2 Å². The van der Waals surface area contributed by atoms with Crippen LogP contribution in [0.5, 0.6) is 23.0 Å². The average molecular weight is 414 g/mol. The van der Waals surface area contributed by atoms with Gasteiger partial charge in [-0.25, -0.2) is 0 Å². The fraction of sp³-hybridized carbons (Fsp3) is 0.409. The first kappa shape index (κ1) is 20.3. The third-order valence-corrected chi connectivity index (χ3v) is 5.37. The van der Waals surface area contributed by atoms with E-state index in [-0.39, 0.29) is 18.7 Å². The predicted octanol–water partition coefficient (Wildman–Crippen LogP) is 2.24. The van der Waals surface area contributed by atoms with Gasteiger partial charge in [0.05, 0.1) is 33.5 Å². The van der Waals surface area contributed by atoms with Gasteiger partial charge in [-0.05, 0) is 35.9 Å². The van der Waals surface area contributed by atoms with E-state index in [9.17, 15) is 4.79 Å². The van der Waals surface area contributed by atoms with Crippen molar-refractivity contribution in [2.45, 2.75) is 6.04 Å². The zero-order valence-corrected chi connectivity index (χ0v) is 17.2. The molecule has 0 spiro atoms. The standard InChI is InChI=1S/C22H26N2O6/c1-26-18-5-3-15(11-20(18)27-2)17(24-7-9-28-10-8-24)13-23-22(25)16-4-6-19-21(12-16)30-14-29-19/h3-6,11-12,17H,7-10,13-14H2,1-2H3,(H,23,25). The van der Waals surface area contributed by atoms with E-state index in [1.165, 1.54) is 0 Å². The van der Waals surface area contributed by atoms with Gasteiger partial charge in [-0.2, -0.15) is 0 Å². The summed E-state index contributed by atoms with van der Waals surface area (Å²) in [6.45, 7) is 3.54. The lowest BCUT2D eigenvalue weighted by Crippen LogP contribution is -2.43. The van der Waals surface area contributed by atoms with Crippen molar-refractivity contribution in [1.29, 1.82) is 0 Å². The second-order valence-corrected chi connectivity index (χ2v) is 7.06. The van der Waals surface area contributed by atoms with Crippen LogP contribution in [0.15, 0.2) is 36.4 Å². The molecule has 8 heteroatoms. The Morgan fingerprint density at radius 2 is 1.80 bits per heavy atom. The van der Waals surface area contributed by atoms with Crippen LogP contribution in [0.1, 0.15) is 22.0 Å². The summed E-state index contributed by atoms with van der Waals surface area (Å²) < 4.78 is 27.0. The van der Waals surface area contributed by atoms with Gasteiger partial charge in [-0.15, -0.1) is 0 Å². The molecule has 0 bridgehead atoms. The lowest BCUT2D eigenvalue weighted by atomic mass is 10.0. The molecule has 1 saturated heterocycles. The molecular weight excluding hydrogens is 388 g/mol. The molecule has 0 aliphatic carbocycles. The van der Waals surface area contributed by atoms with Gasteiger partial charge in [-0.1, -0.05) is 6.07 Å². The normalized spacial score (nSPS) is 16.7. The maximum absolute atomic E-state index is 12.8. The third-order valence-electron chi connectivity index (χ3n) is 5.37. The summed E-state index contributed by atoms with van der Waals surface area (Å²) in [7, 11) is 3.23. The first-order chi connectivity index (χ1) is 14.7. The Morgan fingerprint density at radius 1 is 1.03 bits per heavy atom. The summed E-state index contributed by atoms with van der Waals surface area (Å²) in [6, 6.07) is 11.0. The Hall–Kier alpha value is -2.97. The van der Waals surface area contributed by atoms with E-state index in [2.05, 4.69) is 10.2 Å². The second-order valence-electron chi connectivity index (χ2n) is 7.06. The van der Waals surface area contributed by atoms with E-state index < -0.39 is 0 Å². The number of rotatable bonds is 7. The van der Waals surface area contributed by atoms with Crippen LogP contribution >= 0.6 is 0 Å². The fourth-order valence-corrected chi connectivity index (χ4v) is 3.74. The van der Waals surface area contributed by atoms with Gasteiger partial charge >= 0.3 is 0 Å². The number of morpholine rings is 1. The van der Waals surface area contributed by atoms with Gasteiger partial charge < -0.3 is 29.0 Å².